The number of carbonyl (C=O) groups excluding carboxylic acids is 1. The molecular weight excluding hydrogens is 229 g/mol. The van der Waals surface area contributed by atoms with Crippen LogP contribution in [0.5, 0.6) is 0 Å². The summed E-state index contributed by atoms with van der Waals surface area (Å²) in [6.45, 7) is 6.88. The molecule has 18 heavy (non-hydrogen) atoms. The number of hydrogen-bond donors (Lipinski definition) is 0. The van der Waals surface area contributed by atoms with Gasteiger partial charge in [0.15, 0.2) is 6.17 Å². The molecule has 1 aliphatic heterocycles. The normalized spacial score (nSPS) is 20.6. The van der Waals surface area contributed by atoms with Crippen LogP contribution in [0.25, 0.3) is 0 Å². The number of anilines is 1. The summed E-state index contributed by atoms with van der Waals surface area (Å²) in [5.41, 5.74) is 3.15. The lowest BCUT2D eigenvalue weighted by atomic mass is 9.99. The first-order chi connectivity index (χ1) is 8.50. The molecule has 1 saturated heterocycles. The lowest BCUT2D eigenvalue weighted by Crippen LogP contribution is -2.42. The Kier molecular flexibility index (Phi) is 3.69. The lowest BCUT2D eigenvalue weighted by molar-refractivity contribution is -0.124. The zero-order valence-electron chi connectivity index (χ0n) is 11.2. The van der Waals surface area contributed by atoms with E-state index < -0.39 is 6.17 Å². The molecule has 0 bridgehead atoms. The van der Waals surface area contributed by atoms with Crippen molar-refractivity contribution in [2.75, 3.05) is 11.4 Å². The number of benzene rings is 1. The lowest BCUT2D eigenvalue weighted by Gasteiger charge is -2.30. The molecule has 0 radical (unpaired) electrons. The van der Waals surface area contributed by atoms with E-state index in [1.54, 1.807) is 4.90 Å². The highest BCUT2D eigenvalue weighted by molar-refractivity contribution is 5.97. The number of amides is 1. The molecule has 1 aliphatic rings. The molecule has 1 fully saturated rings. The fraction of sp³-hybridized carbons (Fsp3) is 0.533. The van der Waals surface area contributed by atoms with E-state index in [9.17, 15) is 9.18 Å². The molecule has 0 N–H and O–H groups in total. The average Bonchev–Trinajstić information content (AvgIpc) is 2.33. The molecule has 3 heteroatoms. The maximum atomic E-state index is 13.5. The summed E-state index contributed by atoms with van der Waals surface area (Å²) in [7, 11) is 0. The minimum atomic E-state index is -1.33. The summed E-state index contributed by atoms with van der Waals surface area (Å²) >= 11 is 0. The van der Waals surface area contributed by atoms with Crippen LogP contribution in [0, 0.1) is 6.92 Å². The first-order valence-corrected chi connectivity index (χ1v) is 6.56. The number of rotatable bonds is 2. The van der Waals surface area contributed by atoms with E-state index in [1.165, 1.54) is 5.56 Å². The SMILES string of the molecule is Cc1cc(C(C)C)ccc1N1CCCC(F)C1=O. The minimum Gasteiger partial charge on any atom is -0.310 e. The van der Waals surface area contributed by atoms with E-state index in [2.05, 4.69) is 19.9 Å². The van der Waals surface area contributed by atoms with Crippen LogP contribution in [-0.4, -0.2) is 18.6 Å². The number of piperidine rings is 1. The van der Waals surface area contributed by atoms with Gasteiger partial charge in [0, 0.05) is 12.2 Å². The molecule has 0 aromatic heterocycles. The zero-order valence-corrected chi connectivity index (χ0v) is 11.2. The second-order valence-electron chi connectivity index (χ2n) is 5.30. The zero-order chi connectivity index (χ0) is 13.3. The molecule has 1 unspecified atom stereocenters. The second-order valence-corrected chi connectivity index (χ2v) is 5.30. The van der Waals surface area contributed by atoms with Gasteiger partial charge in [-0.3, -0.25) is 4.79 Å². The van der Waals surface area contributed by atoms with E-state index in [0.717, 1.165) is 17.7 Å². The Bertz CT molecular complexity index is 456. The highest BCUT2D eigenvalue weighted by Gasteiger charge is 2.30. The largest absolute Gasteiger partial charge is 0.310 e. The first-order valence-electron chi connectivity index (χ1n) is 6.56. The van der Waals surface area contributed by atoms with Crippen molar-refractivity contribution in [2.45, 2.75) is 45.7 Å². The van der Waals surface area contributed by atoms with Crippen LogP contribution < -0.4 is 4.90 Å². The van der Waals surface area contributed by atoms with Gasteiger partial charge in [0.1, 0.15) is 0 Å². The molecule has 1 aromatic carbocycles. The van der Waals surface area contributed by atoms with E-state index >= 15 is 0 Å². The topological polar surface area (TPSA) is 20.3 Å². The van der Waals surface area contributed by atoms with Gasteiger partial charge in [-0.2, -0.15) is 0 Å². The average molecular weight is 249 g/mol. The Balaban J connectivity index is 2.30. The van der Waals surface area contributed by atoms with E-state index in [0.29, 0.717) is 18.9 Å². The Morgan fingerprint density at radius 2 is 2.11 bits per heavy atom. The Morgan fingerprint density at radius 3 is 2.72 bits per heavy atom. The van der Waals surface area contributed by atoms with Gasteiger partial charge in [-0.1, -0.05) is 26.0 Å². The number of hydrogen-bond acceptors (Lipinski definition) is 1. The summed E-state index contributed by atoms with van der Waals surface area (Å²) in [4.78, 5) is 13.4. The van der Waals surface area contributed by atoms with E-state index in [-0.39, 0.29) is 5.91 Å². The van der Waals surface area contributed by atoms with Crippen molar-refractivity contribution in [1.82, 2.24) is 0 Å². The van der Waals surface area contributed by atoms with Crippen LogP contribution in [0.2, 0.25) is 0 Å². The number of nitrogens with zero attached hydrogens (tertiary/aromatic N) is 1. The van der Waals surface area contributed by atoms with Gasteiger partial charge in [0.05, 0.1) is 0 Å². The highest BCUT2D eigenvalue weighted by atomic mass is 19.1. The third-order valence-electron chi connectivity index (χ3n) is 3.55. The first kappa shape index (κ1) is 13.1. The Labute approximate surface area is 108 Å². The van der Waals surface area contributed by atoms with Gasteiger partial charge < -0.3 is 4.90 Å². The van der Waals surface area contributed by atoms with Crippen molar-refractivity contribution in [3.05, 3.63) is 29.3 Å². The molecular formula is C15H20FNO. The van der Waals surface area contributed by atoms with Crippen LogP contribution in [0.3, 0.4) is 0 Å². The molecule has 0 aliphatic carbocycles. The monoisotopic (exact) mass is 249 g/mol. The van der Waals surface area contributed by atoms with Crippen molar-refractivity contribution >= 4 is 11.6 Å². The molecule has 1 aromatic rings. The van der Waals surface area contributed by atoms with Gasteiger partial charge >= 0.3 is 0 Å². The highest BCUT2D eigenvalue weighted by Crippen LogP contribution is 2.28. The second kappa shape index (κ2) is 5.09. The van der Waals surface area contributed by atoms with E-state index in [1.807, 2.05) is 19.1 Å². The Morgan fingerprint density at radius 1 is 1.39 bits per heavy atom. The van der Waals surface area contributed by atoms with Gasteiger partial charge in [0.2, 0.25) is 0 Å². The molecule has 1 heterocycles. The van der Waals surface area contributed by atoms with Crippen LogP contribution in [0.1, 0.15) is 43.7 Å². The molecule has 2 nitrogen and oxygen atoms in total. The van der Waals surface area contributed by atoms with E-state index in [4.69, 9.17) is 0 Å². The van der Waals surface area contributed by atoms with Gasteiger partial charge in [-0.25, -0.2) is 4.39 Å². The van der Waals surface area contributed by atoms with Gasteiger partial charge in [0.25, 0.3) is 5.91 Å². The Hall–Kier alpha value is -1.38. The maximum Gasteiger partial charge on any atom is 0.261 e. The van der Waals surface area contributed by atoms with Crippen LogP contribution in [0.4, 0.5) is 10.1 Å². The van der Waals surface area contributed by atoms with Crippen LogP contribution in [-0.2, 0) is 4.79 Å². The number of carbonyl (C=O) groups is 1. The van der Waals surface area contributed by atoms with Crippen molar-refractivity contribution in [1.29, 1.82) is 0 Å². The molecule has 0 saturated carbocycles. The number of halogens is 1. The van der Waals surface area contributed by atoms with Crippen molar-refractivity contribution in [3.63, 3.8) is 0 Å². The van der Waals surface area contributed by atoms with Gasteiger partial charge in [-0.15, -0.1) is 0 Å². The summed E-state index contributed by atoms with van der Waals surface area (Å²) in [5.74, 6) is 0.0744. The predicted octanol–water partition coefficient (Wildman–Crippen LogP) is 3.58. The van der Waals surface area contributed by atoms with Crippen molar-refractivity contribution in [2.24, 2.45) is 0 Å². The summed E-state index contributed by atoms with van der Waals surface area (Å²) in [5, 5.41) is 0. The summed E-state index contributed by atoms with van der Waals surface area (Å²) in [6, 6.07) is 6.07. The van der Waals surface area contributed by atoms with Crippen molar-refractivity contribution < 1.29 is 9.18 Å². The van der Waals surface area contributed by atoms with Gasteiger partial charge in [-0.05, 0) is 42.9 Å². The summed E-state index contributed by atoms with van der Waals surface area (Å²) in [6.07, 6.45) is -0.237. The minimum absolute atomic E-state index is 0.360. The standard InChI is InChI=1S/C15H20FNO/c1-10(2)12-6-7-14(11(3)9-12)17-8-4-5-13(16)15(17)18/h6-7,9-10,13H,4-5,8H2,1-3H3. The quantitative estimate of drug-likeness (QED) is 0.784. The van der Waals surface area contributed by atoms with Crippen LogP contribution >= 0.6 is 0 Å². The third-order valence-corrected chi connectivity index (χ3v) is 3.55. The number of aryl methyl sites for hydroxylation is 1. The summed E-state index contributed by atoms with van der Waals surface area (Å²) < 4.78 is 13.5. The molecule has 0 spiro atoms. The fourth-order valence-electron chi connectivity index (χ4n) is 2.41. The smallest absolute Gasteiger partial charge is 0.261 e. The fourth-order valence-corrected chi connectivity index (χ4v) is 2.41. The predicted molar refractivity (Wildman–Crippen MR) is 71.8 cm³/mol. The van der Waals surface area contributed by atoms with Crippen LogP contribution in [0.15, 0.2) is 18.2 Å². The molecule has 1 amide bonds. The molecule has 98 valence electrons. The number of alkyl halides is 1. The van der Waals surface area contributed by atoms with Crippen molar-refractivity contribution in [3.8, 4) is 0 Å². The molecule has 2 rings (SSSR count). The molecule has 1 atom stereocenters. The third kappa shape index (κ3) is 2.40. The maximum absolute atomic E-state index is 13.5.